The van der Waals surface area contributed by atoms with Gasteiger partial charge in [0, 0.05) is 38.0 Å². The standard InChI is InChI=1S/C13H22N4OS.HI/c1-3-14-13(17-7-5-12(18)8-17)15-6-4-11-9-19-10(2)16-11;/h9,12,18H,3-8H2,1-2H3,(H,14,15);1H/t12-;/m1./s1. The maximum atomic E-state index is 9.59. The predicted molar refractivity (Wildman–Crippen MR) is 94.1 cm³/mol. The Hall–Kier alpha value is -0.410. The molecule has 0 aromatic carbocycles. The van der Waals surface area contributed by atoms with Gasteiger partial charge in [0.1, 0.15) is 0 Å². The molecule has 1 fully saturated rings. The van der Waals surface area contributed by atoms with E-state index in [1.807, 2.05) is 6.92 Å². The van der Waals surface area contributed by atoms with Crippen LogP contribution in [0.25, 0.3) is 0 Å². The molecule has 0 spiro atoms. The zero-order chi connectivity index (χ0) is 13.7. The summed E-state index contributed by atoms with van der Waals surface area (Å²) in [5.74, 6) is 0.908. The average Bonchev–Trinajstić information content (AvgIpc) is 2.97. The van der Waals surface area contributed by atoms with Crippen LogP contribution in [0.4, 0.5) is 0 Å². The van der Waals surface area contributed by atoms with Crippen molar-refractivity contribution in [2.45, 2.75) is 32.8 Å². The lowest BCUT2D eigenvalue weighted by atomic mass is 10.3. The van der Waals surface area contributed by atoms with Crippen molar-refractivity contribution in [3.8, 4) is 0 Å². The quantitative estimate of drug-likeness (QED) is 0.450. The molecule has 2 N–H and O–H groups in total. The van der Waals surface area contributed by atoms with Crippen LogP contribution in [-0.4, -0.2) is 53.2 Å². The van der Waals surface area contributed by atoms with Crippen molar-refractivity contribution in [1.82, 2.24) is 15.2 Å². The van der Waals surface area contributed by atoms with E-state index in [0.717, 1.165) is 49.1 Å². The molecule has 1 aromatic rings. The van der Waals surface area contributed by atoms with Crippen LogP contribution in [0.5, 0.6) is 0 Å². The fourth-order valence-corrected chi connectivity index (χ4v) is 2.81. The van der Waals surface area contributed by atoms with E-state index in [4.69, 9.17) is 0 Å². The molecule has 2 rings (SSSR count). The van der Waals surface area contributed by atoms with Gasteiger partial charge in [-0.3, -0.25) is 4.99 Å². The topological polar surface area (TPSA) is 60.8 Å². The number of aromatic nitrogens is 1. The second-order valence-corrected chi connectivity index (χ2v) is 5.79. The van der Waals surface area contributed by atoms with Crippen molar-refractivity contribution in [3.63, 3.8) is 0 Å². The van der Waals surface area contributed by atoms with Gasteiger partial charge in [-0.05, 0) is 20.3 Å². The third kappa shape index (κ3) is 5.17. The van der Waals surface area contributed by atoms with Gasteiger partial charge in [-0.2, -0.15) is 0 Å². The first kappa shape index (κ1) is 17.6. The first-order valence-electron chi connectivity index (χ1n) is 6.81. The molecule has 0 bridgehead atoms. The van der Waals surface area contributed by atoms with E-state index < -0.39 is 0 Å². The predicted octanol–water partition coefficient (Wildman–Crippen LogP) is 1.64. The number of aliphatic imine (C=N–C) groups is 1. The zero-order valence-corrected chi connectivity index (χ0v) is 15.1. The van der Waals surface area contributed by atoms with Gasteiger partial charge in [-0.15, -0.1) is 35.3 Å². The van der Waals surface area contributed by atoms with Gasteiger partial charge in [0.25, 0.3) is 0 Å². The molecule has 0 unspecified atom stereocenters. The number of β-amino-alcohol motifs (C(OH)–C–C–N with tert-alkyl or cyclic N) is 1. The molecule has 1 aliphatic heterocycles. The van der Waals surface area contributed by atoms with E-state index in [9.17, 15) is 5.11 Å². The fraction of sp³-hybridized carbons (Fsp3) is 0.692. The summed E-state index contributed by atoms with van der Waals surface area (Å²) in [5, 5.41) is 16.1. The molecular formula is C13H23IN4OS. The summed E-state index contributed by atoms with van der Waals surface area (Å²) >= 11 is 1.68. The smallest absolute Gasteiger partial charge is 0.194 e. The van der Waals surface area contributed by atoms with Crippen molar-refractivity contribution < 1.29 is 5.11 Å². The monoisotopic (exact) mass is 410 g/mol. The Morgan fingerprint density at radius 2 is 2.45 bits per heavy atom. The molecule has 5 nitrogen and oxygen atoms in total. The maximum Gasteiger partial charge on any atom is 0.194 e. The van der Waals surface area contributed by atoms with Crippen molar-refractivity contribution in [3.05, 3.63) is 16.1 Å². The Balaban J connectivity index is 0.00000200. The Kier molecular flexibility index (Phi) is 7.75. The summed E-state index contributed by atoms with van der Waals surface area (Å²) in [6.07, 6.45) is 1.48. The first-order chi connectivity index (χ1) is 9.19. The van der Waals surface area contributed by atoms with E-state index >= 15 is 0 Å². The summed E-state index contributed by atoms with van der Waals surface area (Å²) in [5.41, 5.74) is 1.11. The van der Waals surface area contributed by atoms with Gasteiger partial charge in [0.2, 0.25) is 0 Å². The van der Waals surface area contributed by atoms with Crippen LogP contribution in [0.1, 0.15) is 24.0 Å². The van der Waals surface area contributed by atoms with Crippen molar-refractivity contribution in [2.24, 2.45) is 4.99 Å². The van der Waals surface area contributed by atoms with Crippen molar-refractivity contribution >= 4 is 41.3 Å². The van der Waals surface area contributed by atoms with Gasteiger partial charge in [0.15, 0.2) is 5.96 Å². The summed E-state index contributed by atoms with van der Waals surface area (Å²) in [6, 6.07) is 0. The summed E-state index contributed by atoms with van der Waals surface area (Å²) in [4.78, 5) is 11.2. The minimum atomic E-state index is -0.218. The molecule has 2 heterocycles. The second kappa shape index (κ2) is 8.78. The number of likely N-dealkylation sites (tertiary alicyclic amines) is 1. The number of aliphatic hydroxyl groups is 1. The molecule has 0 radical (unpaired) electrons. The molecule has 1 aliphatic rings. The molecule has 0 aliphatic carbocycles. The minimum absolute atomic E-state index is 0. The highest BCUT2D eigenvalue weighted by Gasteiger charge is 2.22. The summed E-state index contributed by atoms with van der Waals surface area (Å²) < 4.78 is 0. The lowest BCUT2D eigenvalue weighted by Gasteiger charge is -2.20. The van der Waals surface area contributed by atoms with E-state index in [2.05, 4.69) is 32.5 Å². The van der Waals surface area contributed by atoms with Gasteiger partial charge in [0.05, 0.1) is 16.8 Å². The number of halogens is 1. The zero-order valence-electron chi connectivity index (χ0n) is 12.0. The van der Waals surface area contributed by atoms with Crippen molar-refractivity contribution in [2.75, 3.05) is 26.2 Å². The lowest BCUT2D eigenvalue weighted by Crippen LogP contribution is -2.40. The molecule has 1 atom stereocenters. The van der Waals surface area contributed by atoms with Crippen LogP contribution in [0.15, 0.2) is 10.4 Å². The van der Waals surface area contributed by atoms with Crippen LogP contribution in [0, 0.1) is 6.92 Å². The largest absolute Gasteiger partial charge is 0.391 e. The SMILES string of the molecule is CCNC(=NCCc1csc(C)n1)N1CC[C@@H](O)C1.I. The van der Waals surface area contributed by atoms with E-state index in [-0.39, 0.29) is 30.1 Å². The Morgan fingerprint density at radius 3 is 3.00 bits per heavy atom. The third-order valence-corrected chi connectivity index (χ3v) is 3.92. The molecular weight excluding hydrogens is 387 g/mol. The highest BCUT2D eigenvalue weighted by atomic mass is 127. The lowest BCUT2D eigenvalue weighted by molar-refractivity contribution is 0.188. The number of hydrogen-bond acceptors (Lipinski definition) is 4. The fourth-order valence-electron chi connectivity index (χ4n) is 2.16. The summed E-state index contributed by atoms with van der Waals surface area (Å²) in [6.45, 7) is 7.22. The van der Waals surface area contributed by atoms with Crippen LogP contribution in [0.2, 0.25) is 0 Å². The molecule has 114 valence electrons. The molecule has 7 heteroatoms. The van der Waals surface area contributed by atoms with Crippen LogP contribution < -0.4 is 5.32 Å². The van der Waals surface area contributed by atoms with Gasteiger partial charge in [-0.25, -0.2) is 4.98 Å². The number of aryl methyl sites for hydroxylation is 1. The van der Waals surface area contributed by atoms with Crippen LogP contribution in [-0.2, 0) is 6.42 Å². The van der Waals surface area contributed by atoms with Crippen LogP contribution >= 0.6 is 35.3 Å². The van der Waals surface area contributed by atoms with Gasteiger partial charge < -0.3 is 15.3 Å². The number of hydrogen-bond donors (Lipinski definition) is 2. The number of aliphatic hydroxyl groups excluding tert-OH is 1. The first-order valence-corrected chi connectivity index (χ1v) is 7.69. The minimum Gasteiger partial charge on any atom is -0.391 e. The van der Waals surface area contributed by atoms with E-state index in [0.29, 0.717) is 6.54 Å². The third-order valence-electron chi connectivity index (χ3n) is 3.09. The van der Waals surface area contributed by atoms with E-state index in [1.165, 1.54) is 0 Å². The number of guanidine groups is 1. The highest BCUT2D eigenvalue weighted by Crippen LogP contribution is 2.10. The molecule has 20 heavy (non-hydrogen) atoms. The number of nitrogens with one attached hydrogen (secondary N) is 1. The number of rotatable bonds is 4. The Labute approximate surface area is 141 Å². The molecule has 0 amide bonds. The average molecular weight is 410 g/mol. The molecule has 0 saturated carbocycles. The Bertz CT molecular complexity index is 438. The van der Waals surface area contributed by atoms with E-state index in [1.54, 1.807) is 11.3 Å². The number of thiazole rings is 1. The molecule has 1 aromatic heterocycles. The van der Waals surface area contributed by atoms with Gasteiger partial charge in [-0.1, -0.05) is 0 Å². The van der Waals surface area contributed by atoms with Crippen LogP contribution in [0.3, 0.4) is 0 Å². The second-order valence-electron chi connectivity index (χ2n) is 4.73. The summed E-state index contributed by atoms with van der Waals surface area (Å²) in [7, 11) is 0. The number of nitrogens with zero attached hydrogens (tertiary/aromatic N) is 3. The van der Waals surface area contributed by atoms with Crippen molar-refractivity contribution in [1.29, 1.82) is 0 Å². The highest BCUT2D eigenvalue weighted by molar-refractivity contribution is 14.0. The molecule has 1 saturated heterocycles. The van der Waals surface area contributed by atoms with Gasteiger partial charge >= 0.3 is 0 Å². The normalized spacial score (nSPS) is 19.1. The maximum absolute atomic E-state index is 9.59. The Morgan fingerprint density at radius 1 is 1.65 bits per heavy atom.